The van der Waals surface area contributed by atoms with Crippen molar-refractivity contribution in [1.29, 1.82) is 0 Å². The van der Waals surface area contributed by atoms with Crippen molar-refractivity contribution >= 4 is 22.4 Å². The first-order chi connectivity index (χ1) is 16.1. The maximum Gasteiger partial charge on any atom is 0.193 e. The van der Waals surface area contributed by atoms with Gasteiger partial charge in [0.2, 0.25) is 0 Å². The SMILES string of the molecule is C=C1C[C@H]2[C@H](CC[C@@]2(/C=C/C(O[Si](C)(C)C(C)(C)C)C(C)(C)CCCC)O[Si](C)(C)C(C)(C)C)C1=O. The molecule has 0 bridgehead atoms. The van der Waals surface area contributed by atoms with Crippen LogP contribution >= 0.6 is 0 Å². The molecule has 0 aromatic heterocycles. The molecule has 1 unspecified atom stereocenters. The van der Waals surface area contributed by atoms with Crippen LogP contribution in [0, 0.1) is 17.3 Å². The molecule has 0 radical (unpaired) electrons. The minimum Gasteiger partial charge on any atom is -0.410 e. The second-order valence-corrected chi connectivity index (χ2v) is 25.0. The molecule has 2 saturated carbocycles. The molecule has 5 heteroatoms. The summed E-state index contributed by atoms with van der Waals surface area (Å²) in [4.78, 5) is 13.0. The highest BCUT2D eigenvalue weighted by Gasteiger charge is 2.57. The van der Waals surface area contributed by atoms with Gasteiger partial charge in [-0.1, -0.05) is 93.9 Å². The first-order valence-electron chi connectivity index (χ1n) is 14.4. The van der Waals surface area contributed by atoms with Crippen molar-refractivity contribution in [3.63, 3.8) is 0 Å². The van der Waals surface area contributed by atoms with E-state index >= 15 is 0 Å². The zero-order chi connectivity index (χ0) is 28.0. The van der Waals surface area contributed by atoms with Crippen LogP contribution in [0.4, 0.5) is 0 Å². The Bertz CT molecular complexity index is 841. The van der Waals surface area contributed by atoms with Gasteiger partial charge in [0, 0.05) is 11.8 Å². The molecule has 2 aliphatic rings. The second-order valence-electron chi connectivity index (χ2n) is 15.5. The summed E-state index contributed by atoms with van der Waals surface area (Å²) in [6.45, 7) is 34.4. The van der Waals surface area contributed by atoms with E-state index in [9.17, 15) is 4.79 Å². The summed E-state index contributed by atoms with van der Waals surface area (Å²) in [6, 6.07) is 0. The number of hydrogen-bond donors (Lipinski definition) is 0. The van der Waals surface area contributed by atoms with Gasteiger partial charge in [0.05, 0.1) is 11.7 Å². The average Bonchev–Trinajstić information content (AvgIpc) is 3.19. The molecule has 4 atom stereocenters. The molecule has 0 aromatic carbocycles. The highest BCUT2D eigenvalue weighted by Crippen LogP contribution is 2.55. The van der Waals surface area contributed by atoms with Gasteiger partial charge in [-0.15, -0.1) is 0 Å². The van der Waals surface area contributed by atoms with Gasteiger partial charge in [-0.05, 0) is 72.9 Å². The van der Waals surface area contributed by atoms with Crippen molar-refractivity contribution < 1.29 is 13.6 Å². The highest BCUT2D eigenvalue weighted by atomic mass is 28.4. The summed E-state index contributed by atoms with van der Waals surface area (Å²) < 4.78 is 14.5. The van der Waals surface area contributed by atoms with E-state index in [4.69, 9.17) is 8.85 Å². The lowest BCUT2D eigenvalue weighted by atomic mass is 9.80. The predicted octanol–water partition coefficient (Wildman–Crippen LogP) is 9.47. The molecular weight excluding hydrogens is 477 g/mol. The number of fused-ring (bicyclic) bond motifs is 1. The molecule has 0 N–H and O–H groups in total. The van der Waals surface area contributed by atoms with Gasteiger partial charge in [-0.2, -0.15) is 0 Å². The van der Waals surface area contributed by atoms with Crippen molar-refractivity contribution in [2.24, 2.45) is 17.3 Å². The van der Waals surface area contributed by atoms with Crippen molar-refractivity contribution in [3.8, 4) is 0 Å². The van der Waals surface area contributed by atoms with Crippen LogP contribution in [0.25, 0.3) is 0 Å². The number of hydrogen-bond acceptors (Lipinski definition) is 3. The quantitative estimate of drug-likeness (QED) is 0.159. The molecule has 0 amide bonds. The summed E-state index contributed by atoms with van der Waals surface area (Å²) in [5.74, 6) is 0.515. The minimum absolute atomic E-state index is 0.0178. The zero-order valence-electron chi connectivity index (χ0n) is 26.1. The lowest BCUT2D eigenvalue weighted by Gasteiger charge is -2.46. The molecule has 0 aromatic rings. The van der Waals surface area contributed by atoms with Crippen molar-refractivity contribution in [3.05, 3.63) is 24.3 Å². The van der Waals surface area contributed by atoms with E-state index in [1.807, 2.05) is 0 Å². The van der Waals surface area contributed by atoms with Crippen LogP contribution in [0.2, 0.25) is 36.3 Å². The maximum absolute atomic E-state index is 13.0. The van der Waals surface area contributed by atoms with Gasteiger partial charge in [0.25, 0.3) is 0 Å². The lowest BCUT2D eigenvalue weighted by molar-refractivity contribution is -0.118. The Hall–Kier alpha value is -0.496. The van der Waals surface area contributed by atoms with Crippen molar-refractivity contribution in [1.82, 2.24) is 0 Å². The Labute approximate surface area is 226 Å². The largest absolute Gasteiger partial charge is 0.410 e. The van der Waals surface area contributed by atoms with Gasteiger partial charge >= 0.3 is 0 Å². The Morgan fingerprint density at radius 3 is 2.08 bits per heavy atom. The number of allylic oxidation sites excluding steroid dienone is 1. The van der Waals surface area contributed by atoms with E-state index < -0.39 is 22.2 Å². The number of ketones is 1. The van der Waals surface area contributed by atoms with Crippen LogP contribution in [0.15, 0.2) is 24.3 Å². The normalized spacial score (nSPS) is 27.2. The molecule has 36 heavy (non-hydrogen) atoms. The molecule has 3 nitrogen and oxygen atoms in total. The molecule has 0 spiro atoms. The monoisotopic (exact) mass is 534 g/mol. The fourth-order valence-corrected chi connectivity index (χ4v) is 8.30. The van der Waals surface area contributed by atoms with Crippen LogP contribution in [0.3, 0.4) is 0 Å². The average molecular weight is 535 g/mol. The molecule has 0 aliphatic heterocycles. The molecular formula is C31H58O3Si2. The van der Waals surface area contributed by atoms with E-state index in [2.05, 4.69) is 107 Å². The molecule has 208 valence electrons. The number of carbonyl (C=O) groups is 1. The third kappa shape index (κ3) is 6.55. The Morgan fingerprint density at radius 2 is 1.58 bits per heavy atom. The van der Waals surface area contributed by atoms with Crippen LogP contribution in [-0.4, -0.2) is 34.1 Å². The Morgan fingerprint density at radius 1 is 1.03 bits per heavy atom. The standard InChI is InChI=1S/C31H58O3Si2/c1-15-16-19-30(9,10)26(33-35(11,12)28(3,4)5)18-21-31(34-36(13,14)29(6,7)8)20-17-24-25(31)22-23(2)27(24)32/h18,21,24-26H,2,15-17,19-20,22H2,1,3-14H3/b21-18+/t24-,25-,26?,31-/m0/s1. The van der Waals surface area contributed by atoms with Crippen LogP contribution in [0.1, 0.15) is 101 Å². The van der Waals surface area contributed by atoms with E-state index in [0.29, 0.717) is 0 Å². The third-order valence-corrected chi connectivity index (χ3v) is 19.0. The predicted molar refractivity (Wildman–Crippen MR) is 161 cm³/mol. The summed E-state index contributed by atoms with van der Waals surface area (Å²) in [7, 11) is -4.08. The van der Waals surface area contributed by atoms with Crippen molar-refractivity contribution in [2.75, 3.05) is 0 Å². The molecule has 0 saturated heterocycles. The Balaban J connectivity index is 2.56. The fourth-order valence-electron chi connectivity index (χ4n) is 5.34. The van der Waals surface area contributed by atoms with Crippen LogP contribution in [0.5, 0.6) is 0 Å². The number of rotatable bonds is 10. The van der Waals surface area contributed by atoms with E-state index in [1.165, 1.54) is 12.8 Å². The second kappa shape index (κ2) is 10.6. The Kier molecular flexibility index (Phi) is 9.32. The van der Waals surface area contributed by atoms with E-state index in [-0.39, 0.29) is 39.2 Å². The molecule has 2 aliphatic carbocycles. The summed E-state index contributed by atoms with van der Waals surface area (Å²) in [5, 5.41) is 0.242. The first kappa shape index (κ1) is 31.7. The maximum atomic E-state index is 13.0. The smallest absolute Gasteiger partial charge is 0.193 e. The topological polar surface area (TPSA) is 35.5 Å². The van der Waals surface area contributed by atoms with Crippen LogP contribution in [-0.2, 0) is 13.6 Å². The first-order valence-corrected chi connectivity index (χ1v) is 20.2. The number of Topliss-reactive ketones (excluding diaryl/α,β-unsaturated/α-hetero) is 1. The minimum atomic E-state index is -2.09. The molecule has 2 fully saturated rings. The van der Waals surface area contributed by atoms with Gasteiger partial charge in [0.15, 0.2) is 22.4 Å². The summed E-state index contributed by atoms with van der Waals surface area (Å²) in [6.07, 6.45) is 10.8. The highest BCUT2D eigenvalue weighted by molar-refractivity contribution is 6.74. The van der Waals surface area contributed by atoms with Gasteiger partial charge in [-0.3, -0.25) is 4.79 Å². The van der Waals surface area contributed by atoms with E-state index in [0.717, 1.165) is 31.3 Å². The summed E-state index contributed by atoms with van der Waals surface area (Å²) in [5.41, 5.74) is 0.394. The van der Waals surface area contributed by atoms with Gasteiger partial charge in [0.1, 0.15) is 0 Å². The zero-order valence-corrected chi connectivity index (χ0v) is 28.1. The van der Waals surface area contributed by atoms with E-state index in [1.54, 1.807) is 0 Å². The number of carbonyl (C=O) groups excluding carboxylic acids is 1. The van der Waals surface area contributed by atoms with Crippen LogP contribution < -0.4 is 0 Å². The van der Waals surface area contributed by atoms with Gasteiger partial charge in [-0.25, -0.2) is 0 Å². The lowest BCUT2D eigenvalue weighted by Crippen LogP contribution is -2.51. The molecule has 2 rings (SSSR count). The molecule has 0 heterocycles. The summed E-state index contributed by atoms with van der Waals surface area (Å²) >= 11 is 0. The van der Waals surface area contributed by atoms with Gasteiger partial charge < -0.3 is 8.85 Å². The third-order valence-electron chi connectivity index (χ3n) is 10.1. The van der Waals surface area contributed by atoms with Crippen molar-refractivity contribution in [2.45, 2.75) is 149 Å². The number of unbranched alkanes of at least 4 members (excludes halogenated alkanes) is 1. The fraction of sp³-hybridized carbons (Fsp3) is 0.839.